The van der Waals surface area contributed by atoms with Crippen LogP contribution in [0.15, 0.2) is 12.3 Å². The summed E-state index contributed by atoms with van der Waals surface area (Å²) >= 11 is 0. The van der Waals surface area contributed by atoms with Crippen LogP contribution in [-0.4, -0.2) is 25.6 Å². The van der Waals surface area contributed by atoms with Crippen molar-refractivity contribution >= 4 is 23.1 Å². The van der Waals surface area contributed by atoms with Crippen molar-refractivity contribution in [3.8, 4) is 0 Å². The highest BCUT2D eigenvalue weighted by molar-refractivity contribution is 5.93. The Morgan fingerprint density at radius 1 is 1.50 bits per heavy atom. The van der Waals surface area contributed by atoms with Gasteiger partial charge in [-0.05, 0) is 13.0 Å². The minimum atomic E-state index is -0.962. The highest BCUT2D eigenvalue weighted by Gasteiger charge is 2.11. The van der Waals surface area contributed by atoms with Crippen LogP contribution in [0, 0.1) is 6.92 Å². The van der Waals surface area contributed by atoms with E-state index in [1.54, 1.807) is 6.08 Å². The van der Waals surface area contributed by atoms with Gasteiger partial charge in [-0.1, -0.05) is 6.92 Å². The summed E-state index contributed by atoms with van der Waals surface area (Å²) in [5.41, 5.74) is 2.54. The minimum absolute atomic E-state index is 0.780. The number of aliphatic carboxylic acids is 1. The maximum atomic E-state index is 10.6. The van der Waals surface area contributed by atoms with Crippen molar-refractivity contribution in [1.29, 1.82) is 0 Å². The van der Waals surface area contributed by atoms with Crippen LogP contribution in [-0.2, 0) is 18.3 Å². The van der Waals surface area contributed by atoms with E-state index >= 15 is 0 Å². The molecule has 0 bridgehead atoms. The molecule has 0 saturated carbocycles. The molecule has 2 aromatic rings. The fourth-order valence-corrected chi connectivity index (χ4v) is 1.99. The van der Waals surface area contributed by atoms with Crippen LogP contribution in [0.2, 0.25) is 0 Å². The van der Waals surface area contributed by atoms with Gasteiger partial charge in [0.05, 0.1) is 5.69 Å². The summed E-state index contributed by atoms with van der Waals surface area (Å²) < 4.78 is 1.89. The standard InChI is InChI=1S/C13H15N3O2/c1-4-10-14-8(2)12-9(5-6-11(17)18)7-16(3)13(12)15-10/h5-7H,4H2,1-3H3,(H,17,18)/b6-5+. The second-order valence-electron chi connectivity index (χ2n) is 4.14. The average Bonchev–Trinajstić information content (AvgIpc) is 2.64. The van der Waals surface area contributed by atoms with Crippen LogP contribution < -0.4 is 0 Å². The molecule has 0 aliphatic rings. The molecule has 94 valence electrons. The summed E-state index contributed by atoms with van der Waals surface area (Å²) in [6.45, 7) is 3.93. The first-order valence-corrected chi connectivity index (χ1v) is 5.76. The van der Waals surface area contributed by atoms with Crippen LogP contribution >= 0.6 is 0 Å². The molecule has 0 aromatic carbocycles. The summed E-state index contributed by atoms with van der Waals surface area (Å²) in [5.74, 6) is -0.161. The zero-order valence-electron chi connectivity index (χ0n) is 10.6. The summed E-state index contributed by atoms with van der Waals surface area (Å²) in [4.78, 5) is 19.5. The quantitative estimate of drug-likeness (QED) is 0.839. The van der Waals surface area contributed by atoms with Crippen LogP contribution in [0.25, 0.3) is 17.1 Å². The van der Waals surface area contributed by atoms with Gasteiger partial charge >= 0.3 is 5.97 Å². The molecule has 2 rings (SSSR count). The van der Waals surface area contributed by atoms with Crippen molar-refractivity contribution in [1.82, 2.24) is 14.5 Å². The third-order valence-electron chi connectivity index (χ3n) is 2.79. The minimum Gasteiger partial charge on any atom is -0.478 e. The topological polar surface area (TPSA) is 68.0 Å². The highest BCUT2D eigenvalue weighted by atomic mass is 16.4. The van der Waals surface area contributed by atoms with Gasteiger partial charge in [-0.2, -0.15) is 0 Å². The van der Waals surface area contributed by atoms with Crippen LogP contribution in [0.4, 0.5) is 0 Å². The number of hydrogen-bond acceptors (Lipinski definition) is 3. The second-order valence-corrected chi connectivity index (χ2v) is 4.14. The lowest BCUT2D eigenvalue weighted by Crippen LogP contribution is -1.98. The normalized spacial score (nSPS) is 11.5. The van der Waals surface area contributed by atoms with Crippen LogP contribution in [0.3, 0.4) is 0 Å². The lowest BCUT2D eigenvalue weighted by Gasteiger charge is -2.02. The zero-order chi connectivity index (χ0) is 13.3. The first-order chi connectivity index (χ1) is 8.52. The predicted molar refractivity (Wildman–Crippen MR) is 69.3 cm³/mol. The lowest BCUT2D eigenvalue weighted by molar-refractivity contribution is -0.131. The second kappa shape index (κ2) is 4.60. The lowest BCUT2D eigenvalue weighted by atomic mass is 10.2. The summed E-state index contributed by atoms with van der Waals surface area (Å²) in [6, 6.07) is 0. The number of hydrogen-bond donors (Lipinski definition) is 1. The molecule has 0 amide bonds. The van der Waals surface area contributed by atoms with Crippen molar-refractivity contribution in [3.05, 3.63) is 29.4 Å². The van der Waals surface area contributed by atoms with Gasteiger partial charge in [0, 0.05) is 36.7 Å². The van der Waals surface area contributed by atoms with Crippen molar-refractivity contribution in [2.75, 3.05) is 0 Å². The van der Waals surface area contributed by atoms with E-state index in [0.29, 0.717) is 0 Å². The van der Waals surface area contributed by atoms with Crippen molar-refractivity contribution in [2.45, 2.75) is 20.3 Å². The maximum Gasteiger partial charge on any atom is 0.328 e. The van der Waals surface area contributed by atoms with E-state index in [1.165, 1.54) is 0 Å². The monoisotopic (exact) mass is 245 g/mol. The molecule has 0 aliphatic carbocycles. The number of aromatic nitrogens is 3. The van der Waals surface area contributed by atoms with E-state index in [1.807, 2.05) is 31.7 Å². The molecule has 18 heavy (non-hydrogen) atoms. The average molecular weight is 245 g/mol. The Morgan fingerprint density at radius 2 is 2.22 bits per heavy atom. The molecule has 0 atom stereocenters. The Hall–Kier alpha value is -2.17. The van der Waals surface area contributed by atoms with Crippen LogP contribution in [0.5, 0.6) is 0 Å². The predicted octanol–water partition coefficient (Wildman–Crippen LogP) is 1.94. The smallest absolute Gasteiger partial charge is 0.328 e. The molecule has 0 saturated heterocycles. The first-order valence-electron chi connectivity index (χ1n) is 5.76. The van der Waals surface area contributed by atoms with Crippen molar-refractivity contribution in [2.24, 2.45) is 7.05 Å². The van der Waals surface area contributed by atoms with E-state index in [9.17, 15) is 4.79 Å². The fraction of sp³-hybridized carbons (Fsp3) is 0.308. The summed E-state index contributed by atoms with van der Waals surface area (Å²) in [7, 11) is 1.90. The van der Waals surface area contributed by atoms with Gasteiger partial charge in [-0.15, -0.1) is 0 Å². The van der Waals surface area contributed by atoms with Crippen molar-refractivity contribution in [3.63, 3.8) is 0 Å². The Morgan fingerprint density at radius 3 is 2.83 bits per heavy atom. The first kappa shape index (κ1) is 12.3. The van der Waals surface area contributed by atoms with Gasteiger partial charge in [0.25, 0.3) is 0 Å². The number of nitrogens with zero attached hydrogens (tertiary/aromatic N) is 3. The van der Waals surface area contributed by atoms with Crippen molar-refractivity contribution < 1.29 is 9.90 Å². The number of carboxylic acids is 1. The Kier molecular flexibility index (Phi) is 3.14. The number of aryl methyl sites for hydroxylation is 3. The number of carboxylic acid groups (broad SMARTS) is 1. The van der Waals surface area contributed by atoms with E-state index in [4.69, 9.17) is 5.11 Å². The van der Waals surface area contributed by atoms with Gasteiger partial charge in [-0.3, -0.25) is 0 Å². The highest BCUT2D eigenvalue weighted by Crippen LogP contribution is 2.23. The van der Waals surface area contributed by atoms with Crippen LogP contribution in [0.1, 0.15) is 24.0 Å². The van der Waals surface area contributed by atoms with Gasteiger partial charge in [0.2, 0.25) is 0 Å². The number of fused-ring (bicyclic) bond motifs is 1. The maximum absolute atomic E-state index is 10.6. The molecule has 0 radical (unpaired) electrons. The van der Waals surface area contributed by atoms with Gasteiger partial charge in [0.1, 0.15) is 11.5 Å². The Bertz CT molecular complexity index is 641. The molecule has 5 heteroatoms. The molecule has 0 spiro atoms. The fourth-order valence-electron chi connectivity index (χ4n) is 1.99. The van der Waals surface area contributed by atoms with E-state index in [2.05, 4.69) is 9.97 Å². The van der Waals surface area contributed by atoms with Gasteiger partial charge in [-0.25, -0.2) is 14.8 Å². The largest absolute Gasteiger partial charge is 0.478 e. The number of carbonyl (C=O) groups is 1. The SMILES string of the molecule is CCc1nc(C)c2c(/C=C/C(=O)O)cn(C)c2n1. The molecule has 0 aliphatic heterocycles. The molecule has 2 heterocycles. The van der Waals surface area contributed by atoms with E-state index < -0.39 is 5.97 Å². The zero-order valence-corrected chi connectivity index (χ0v) is 10.6. The van der Waals surface area contributed by atoms with Gasteiger partial charge < -0.3 is 9.67 Å². The molecule has 1 N–H and O–H groups in total. The molecule has 5 nitrogen and oxygen atoms in total. The van der Waals surface area contributed by atoms with E-state index in [0.717, 1.165) is 40.6 Å². The molecule has 0 fully saturated rings. The third kappa shape index (κ3) is 2.11. The summed E-state index contributed by atoms with van der Waals surface area (Å²) in [6.07, 6.45) is 5.35. The Labute approximate surface area is 105 Å². The van der Waals surface area contributed by atoms with E-state index in [-0.39, 0.29) is 0 Å². The van der Waals surface area contributed by atoms with Gasteiger partial charge in [0.15, 0.2) is 0 Å². The summed E-state index contributed by atoms with van der Waals surface area (Å²) in [5, 5.41) is 9.59. The molecular formula is C13H15N3O2. The third-order valence-corrected chi connectivity index (χ3v) is 2.79. The Balaban J connectivity index is 2.67. The molecule has 0 unspecified atom stereocenters. The molecular weight excluding hydrogens is 230 g/mol. The number of rotatable bonds is 3. The molecule has 2 aromatic heterocycles.